The van der Waals surface area contributed by atoms with Gasteiger partial charge >= 0.3 is 0 Å². The Kier molecular flexibility index (Phi) is 3.15. The lowest BCUT2D eigenvalue weighted by atomic mass is 9.82. The van der Waals surface area contributed by atoms with Crippen LogP contribution < -0.4 is 0 Å². The van der Waals surface area contributed by atoms with Crippen molar-refractivity contribution in [2.45, 2.75) is 20.8 Å². The van der Waals surface area contributed by atoms with Crippen LogP contribution in [0.4, 0.5) is 0 Å². The molecule has 0 aromatic rings. The molecule has 0 heterocycles. The molecule has 56 valence electrons. The normalized spacial score (nSPS) is 12.7. The van der Waals surface area contributed by atoms with E-state index in [-0.39, 0.29) is 24.5 Å². The molecule has 0 saturated heterocycles. The minimum absolute atomic E-state index is 0.0116. The van der Waals surface area contributed by atoms with E-state index in [1.165, 1.54) is 0 Å². The molecule has 9 heavy (non-hydrogen) atoms. The molecule has 0 radical (unpaired) electrons. The minimum atomic E-state index is 0.0116. The highest BCUT2D eigenvalue weighted by Crippen LogP contribution is 2.24. The van der Waals surface area contributed by atoms with Crippen molar-refractivity contribution in [2.75, 3.05) is 13.2 Å². The SMILES string of the molecule is CC(C)(C)C(CO)CO. The summed E-state index contributed by atoms with van der Waals surface area (Å²) in [6.45, 7) is 6.15. The number of aliphatic hydroxyl groups is 2. The van der Waals surface area contributed by atoms with E-state index < -0.39 is 0 Å². The Morgan fingerprint density at radius 1 is 1.11 bits per heavy atom. The third kappa shape index (κ3) is 2.82. The molecular formula is C7H16O2. The van der Waals surface area contributed by atoms with Gasteiger partial charge in [-0.1, -0.05) is 20.8 Å². The van der Waals surface area contributed by atoms with E-state index in [9.17, 15) is 0 Å². The molecule has 0 aliphatic rings. The van der Waals surface area contributed by atoms with E-state index in [0.717, 1.165) is 0 Å². The Morgan fingerprint density at radius 2 is 1.44 bits per heavy atom. The van der Waals surface area contributed by atoms with Crippen molar-refractivity contribution in [3.05, 3.63) is 0 Å². The van der Waals surface area contributed by atoms with Gasteiger partial charge in [-0.3, -0.25) is 0 Å². The van der Waals surface area contributed by atoms with Gasteiger partial charge in [-0.25, -0.2) is 0 Å². The first-order chi connectivity index (χ1) is 4.02. The van der Waals surface area contributed by atoms with Crippen LogP contribution >= 0.6 is 0 Å². The zero-order valence-corrected chi connectivity index (χ0v) is 6.39. The highest BCUT2D eigenvalue weighted by atomic mass is 16.3. The Labute approximate surface area is 56.5 Å². The second-order valence-corrected chi connectivity index (χ2v) is 3.43. The van der Waals surface area contributed by atoms with Crippen LogP contribution in [0.25, 0.3) is 0 Å². The van der Waals surface area contributed by atoms with Crippen LogP contribution in [-0.2, 0) is 0 Å². The van der Waals surface area contributed by atoms with Crippen molar-refractivity contribution in [1.29, 1.82) is 0 Å². The lowest BCUT2D eigenvalue weighted by Crippen LogP contribution is -2.26. The number of rotatable bonds is 2. The van der Waals surface area contributed by atoms with Crippen molar-refractivity contribution in [3.8, 4) is 0 Å². The van der Waals surface area contributed by atoms with Gasteiger partial charge < -0.3 is 10.2 Å². The molecule has 0 aliphatic heterocycles. The summed E-state index contributed by atoms with van der Waals surface area (Å²) in [6, 6.07) is 0. The van der Waals surface area contributed by atoms with Gasteiger partial charge in [0.15, 0.2) is 0 Å². The van der Waals surface area contributed by atoms with Crippen LogP contribution in [0.5, 0.6) is 0 Å². The van der Waals surface area contributed by atoms with E-state index >= 15 is 0 Å². The van der Waals surface area contributed by atoms with Crippen LogP contribution in [0.3, 0.4) is 0 Å². The smallest absolute Gasteiger partial charge is 0.0486 e. The Bertz CT molecular complexity index is 69.5. The van der Waals surface area contributed by atoms with Crippen LogP contribution in [0.15, 0.2) is 0 Å². The Morgan fingerprint density at radius 3 is 1.44 bits per heavy atom. The van der Waals surface area contributed by atoms with Gasteiger partial charge in [0.05, 0.1) is 0 Å². The summed E-state index contributed by atoms with van der Waals surface area (Å²) < 4.78 is 0. The topological polar surface area (TPSA) is 40.5 Å². The van der Waals surface area contributed by atoms with Gasteiger partial charge in [-0.2, -0.15) is 0 Å². The zero-order chi connectivity index (χ0) is 7.49. The highest BCUT2D eigenvalue weighted by Gasteiger charge is 2.22. The first kappa shape index (κ1) is 8.92. The molecule has 0 aliphatic carbocycles. The molecule has 0 saturated carbocycles. The maximum absolute atomic E-state index is 8.70. The lowest BCUT2D eigenvalue weighted by Gasteiger charge is -2.26. The van der Waals surface area contributed by atoms with Gasteiger partial charge in [0.2, 0.25) is 0 Å². The molecule has 2 heteroatoms. The summed E-state index contributed by atoms with van der Waals surface area (Å²) >= 11 is 0. The summed E-state index contributed by atoms with van der Waals surface area (Å²) in [5, 5.41) is 17.4. The van der Waals surface area contributed by atoms with Gasteiger partial charge in [-0.15, -0.1) is 0 Å². The van der Waals surface area contributed by atoms with Gasteiger partial charge in [0.25, 0.3) is 0 Å². The molecule has 2 N–H and O–H groups in total. The maximum atomic E-state index is 8.70. The first-order valence-electron chi connectivity index (χ1n) is 3.24. The standard InChI is InChI=1S/C7H16O2/c1-7(2,3)6(4-8)5-9/h6,8-9H,4-5H2,1-3H3. The average Bonchev–Trinajstić information content (AvgIpc) is 1.65. The fourth-order valence-corrected chi connectivity index (χ4v) is 0.605. The number of hydrogen-bond donors (Lipinski definition) is 2. The largest absolute Gasteiger partial charge is 0.396 e. The predicted octanol–water partition coefficient (Wildman–Crippen LogP) is 0.633. The molecule has 0 rings (SSSR count). The molecular weight excluding hydrogens is 116 g/mol. The second-order valence-electron chi connectivity index (χ2n) is 3.43. The molecule has 0 aromatic carbocycles. The van der Waals surface area contributed by atoms with E-state index in [0.29, 0.717) is 0 Å². The molecule has 0 unspecified atom stereocenters. The van der Waals surface area contributed by atoms with Gasteiger partial charge in [-0.05, 0) is 5.41 Å². The van der Waals surface area contributed by atoms with Crippen LogP contribution in [-0.4, -0.2) is 23.4 Å². The summed E-state index contributed by atoms with van der Waals surface area (Å²) in [6.07, 6.45) is 0. The monoisotopic (exact) mass is 132 g/mol. The van der Waals surface area contributed by atoms with Crippen molar-refractivity contribution >= 4 is 0 Å². The third-order valence-corrected chi connectivity index (χ3v) is 1.67. The van der Waals surface area contributed by atoms with Gasteiger partial charge in [0.1, 0.15) is 0 Å². The zero-order valence-electron chi connectivity index (χ0n) is 6.39. The van der Waals surface area contributed by atoms with E-state index in [4.69, 9.17) is 10.2 Å². The average molecular weight is 132 g/mol. The van der Waals surface area contributed by atoms with E-state index in [1.807, 2.05) is 20.8 Å². The summed E-state index contributed by atoms with van der Waals surface area (Å²) in [5.74, 6) is 0.0116. The third-order valence-electron chi connectivity index (χ3n) is 1.67. The minimum Gasteiger partial charge on any atom is -0.396 e. The van der Waals surface area contributed by atoms with Crippen molar-refractivity contribution in [2.24, 2.45) is 11.3 Å². The van der Waals surface area contributed by atoms with Crippen molar-refractivity contribution in [1.82, 2.24) is 0 Å². The molecule has 0 bridgehead atoms. The number of aliphatic hydroxyl groups excluding tert-OH is 2. The molecule has 0 amide bonds. The van der Waals surface area contributed by atoms with Crippen molar-refractivity contribution in [3.63, 3.8) is 0 Å². The highest BCUT2D eigenvalue weighted by molar-refractivity contribution is 4.71. The summed E-state index contributed by atoms with van der Waals surface area (Å²) in [5.41, 5.74) is 0.0174. The maximum Gasteiger partial charge on any atom is 0.0486 e. The Hall–Kier alpha value is -0.0800. The van der Waals surface area contributed by atoms with Crippen LogP contribution in [0, 0.1) is 11.3 Å². The van der Waals surface area contributed by atoms with Crippen LogP contribution in [0.2, 0.25) is 0 Å². The predicted molar refractivity (Wildman–Crippen MR) is 37.1 cm³/mol. The van der Waals surface area contributed by atoms with Crippen molar-refractivity contribution < 1.29 is 10.2 Å². The van der Waals surface area contributed by atoms with Gasteiger partial charge in [0, 0.05) is 19.1 Å². The fraction of sp³-hybridized carbons (Fsp3) is 1.00. The second kappa shape index (κ2) is 3.18. The molecule has 0 atom stereocenters. The summed E-state index contributed by atoms with van der Waals surface area (Å²) in [7, 11) is 0. The van der Waals surface area contributed by atoms with E-state index in [1.54, 1.807) is 0 Å². The van der Waals surface area contributed by atoms with Crippen LogP contribution in [0.1, 0.15) is 20.8 Å². The quantitative estimate of drug-likeness (QED) is 0.578. The first-order valence-corrected chi connectivity index (χ1v) is 3.24. The summed E-state index contributed by atoms with van der Waals surface area (Å²) in [4.78, 5) is 0. The molecule has 0 aromatic heterocycles. The lowest BCUT2D eigenvalue weighted by molar-refractivity contribution is 0.0721. The van der Waals surface area contributed by atoms with E-state index in [2.05, 4.69) is 0 Å². The molecule has 0 spiro atoms. The fourth-order valence-electron chi connectivity index (χ4n) is 0.605. The Balaban J connectivity index is 3.79. The molecule has 2 nitrogen and oxygen atoms in total. The number of hydrogen-bond acceptors (Lipinski definition) is 2. The molecule has 0 fully saturated rings.